The molecule has 2 aromatic rings. The van der Waals surface area contributed by atoms with Crippen molar-refractivity contribution in [1.82, 2.24) is 5.32 Å². The summed E-state index contributed by atoms with van der Waals surface area (Å²) in [6, 6.07) is 16.7. The predicted octanol–water partition coefficient (Wildman–Crippen LogP) is 3.41. The highest BCUT2D eigenvalue weighted by atomic mass is 35.5. The molecule has 3 N–H and O–H groups in total. The van der Waals surface area contributed by atoms with E-state index in [0.717, 1.165) is 37.9 Å². The Morgan fingerprint density at radius 3 is 2.58 bits per heavy atom. The lowest BCUT2D eigenvalue weighted by Gasteiger charge is -2.19. The quantitative estimate of drug-likeness (QED) is 0.781. The van der Waals surface area contributed by atoms with Crippen molar-refractivity contribution in [1.29, 1.82) is 0 Å². The van der Waals surface area contributed by atoms with Crippen LogP contribution in [0.25, 0.3) is 0 Å². The lowest BCUT2D eigenvalue weighted by Crippen LogP contribution is -2.40. The van der Waals surface area contributed by atoms with Crippen molar-refractivity contribution in [2.75, 3.05) is 11.4 Å². The monoisotopic (exact) mass is 373 g/mol. The summed E-state index contributed by atoms with van der Waals surface area (Å²) in [7, 11) is 0. The van der Waals surface area contributed by atoms with Crippen LogP contribution in [0.5, 0.6) is 0 Å². The fraction of sp³-hybridized carbons (Fsp3) is 0.381. The minimum atomic E-state index is -0.403. The van der Waals surface area contributed by atoms with Crippen molar-refractivity contribution in [3.63, 3.8) is 0 Å². The van der Waals surface area contributed by atoms with Gasteiger partial charge in [-0.05, 0) is 35.6 Å². The van der Waals surface area contributed by atoms with Crippen LogP contribution in [0.4, 0.5) is 5.69 Å². The smallest absolute Gasteiger partial charge is 0.237 e. The third kappa shape index (κ3) is 4.99. The molecule has 3 rings (SSSR count). The van der Waals surface area contributed by atoms with E-state index in [1.807, 2.05) is 6.92 Å². The van der Waals surface area contributed by atoms with Crippen LogP contribution < -0.4 is 16.0 Å². The third-order valence-electron chi connectivity index (χ3n) is 4.78. The van der Waals surface area contributed by atoms with E-state index in [2.05, 4.69) is 58.7 Å². The number of rotatable bonds is 7. The average Bonchev–Trinajstić information content (AvgIpc) is 3.04. The van der Waals surface area contributed by atoms with Crippen LogP contribution >= 0.6 is 12.4 Å². The van der Waals surface area contributed by atoms with E-state index < -0.39 is 6.04 Å². The third-order valence-corrected chi connectivity index (χ3v) is 4.78. The van der Waals surface area contributed by atoms with E-state index in [1.165, 1.54) is 16.8 Å². The maximum absolute atomic E-state index is 11.9. The molecule has 26 heavy (non-hydrogen) atoms. The second-order valence-electron chi connectivity index (χ2n) is 6.73. The topological polar surface area (TPSA) is 58.4 Å². The minimum Gasteiger partial charge on any atom is -0.367 e. The molecule has 0 saturated heterocycles. The number of hydrogen-bond acceptors (Lipinski definition) is 3. The van der Waals surface area contributed by atoms with Gasteiger partial charge in [0.05, 0.1) is 6.04 Å². The Morgan fingerprint density at radius 1 is 1.15 bits per heavy atom. The number of nitrogens with one attached hydrogen (secondary N) is 1. The molecule has 4 nitrogen and oxygen atoms in total. The molecule has 140 valence electrons. The van der Waals surface area contributed by atoms with E-state index >= 15 is 0 Å². The Hall–Kier alpha value is -2.04. The van der Waals surface area contributed by atoms with Gasteiger partial charge in [-0.2, -0.15) is 0 Å². The minimum absolute atomic E-state index is 0. The van der Waals surface area contributed by atoms with Gasteiger partial charge in [0.25, 0.3) is 0 Å². The van der Waals surface area contributed by atoms with Gasteiger partial charge < -0.3 is 16.0 Å². The summed E-state index contributed by atoms with van der Waals surface area (Å²) in [5.41, 5.74) is 11.0. The molecule has 5 heteroatoms. The van der Waals surface area contributed by atoms with Gasteiger partial charge in [-0.25, -0.2) is 0 Å². The molecular formula is C21H28ClN3O. The summed E-state index contributed by atoms with van der Waals surface area (Å²) in [6.07, 6.45) is 2.77. The lowest BCUT2D eigenvalue weighted by molar-refractivity contribution is -0.122. The van der Waals surface area contributed by atoms with Gasteiger partial charge in [-0.1, -0.05) is 55.8 Å². The first kappa shape index (κ1) is 20.3. The Morgan fingerprint density at radius 2 is 1.85 bits per heavy atom. The summed E-state index contributed by atoms with van der Waals surface area (Å²) in [4.78, 5) is 14.3. The van der Waals surface area contributed by atoms with Crippen molar-refractivity contribution in [3.8, 4) is 0 Å². The highest BCUT2D eigenvalue weighted by Crippen LogP contribution is 2.28. The largest absolute Gasteiger partial charge is 0.367 e. The van der Waals surface area contributed by atoms with Gasteiger partial charge in [0, 0.05) is 25.3 Å². The highest BCUT2D eigenvalue weighted by molar-refractivity contribution is 5.85. The van der Waals surface area contributed by atoms with Gasteiger partial charge in [0.1, 0.15) is 0 Å². The fourth-order valence-corrected chi connectivity index (χ4v) is 3.32. The van der Waals surface area contributed by atoms with Crippen LogP contribution in [0.1, 0.15) is 36.5 Å². The van der Waals surface area contributed by atoms with Crippen molar-refractivity contribution in [3.05, 3.63) is 65.2 Å². The van der Waals surface area contributed by atoms with Crippen molar-refractivity contribution < 1.29 is 4.79 Å². The number of fused-ring (bicyclic) bond motifs is 1. The number of amides is 1. The zero-order chi connectivity index (χ0) is 17.6. The van der Waals surface area contributed by atoms with E-state index in [4.69, 9.17) is 5.73 Å². The van der Waals surface area contributed by atoms with Crippen LogP contribution in [0.2, 0.25) is 0 Å². The molecule has 0 spiro atoms. The molecule has 1 aliphatic rings. The molecule has 0 bridgehead atoms. The number of hydrogen-bond donors (Lipinski definition) is 2. The SMILES string of the molecule is CCCC(N)C(=O)NCc1ccc(CN2CCc3ccccc32)cc1.Cl. The molecule has 0 aromatic heterocycles. The van der Waals surface area contributed by atoms with Gasteiger partial charge >= 0.3 is 0 Å². The average molecular weight is 374 g/mol. The standard InChI is InChI=1S/C21H27N3O.ClH/c1-2-5-19(22)21(25)23-14-16-8-10-17(11-9-16)15-24-13-12-18-6-3-4-7-20(18)24;/h3-4,6-11,19H,2,5,12-15,22H2,1H3,(H,23,25);1H. The van der Waals surface area contributed by atoms with E-state index in [-0.39, 0.29) is 18.3 Å². The van der Waals surface area contributed by atoms with Gasteiger partial charge in [0.2, 0.25) is 5.91 Å². The Kier molecular flexibility index (Phi) is 7.49. The summed E-state index contributed by atoms with van der Waals surface area (Å²) >= 11 is 0. The van der Waals surface area contributed by atoms with Crippen LogP contribution in [0, 0.1) is 0 Å². The molecule has 2 aromatic carbocycles. The summed E-state index contributed by atoms with van der Waals surface area (Å²) in [6.45, 7) is 4.56. The van der Waals surface area contributed by atoms with Gasteiger partial charge in [0.15, 0.2) is 0 Å². The van der Waals surface area contributed by atoms with E-state index in [0.29, 0.717) is 6.54 Å². The number of carbonyl (C=O) groups is 1. The predicted molar refractivity (Wildman–Crippen MR) is 110 cm³/mol. The molecule has 1 aliphatic heterocycles. The fourth-order valence-electron chi connectivity index (χ4n) is 3.32. The van der Waals surface area contributed by atoms with Crippen molar-refractivity contribution >= 4 is 24.0 Å². The summed E-state index contributed by atoms with van der Waals surface area (Å²) in [5.74, 6) is -0.0698. The molecule has 0 aliphatic carbocycles. The molecule has 0 fully saturated rings. The molecule has 1 heterocycles. The summed E-state index contributed by atoms with van der Waals surface area (Å²) in [5, 5.41) is 2.91. The van der Waals surface area contributed by atoms with Crippen LogP contribution in [0.15, 0.2) is 48.5 Å². The lowest BCUT2D eigenvalue weighted by atomic mass is 10.1. The Balaban J connectivity index is 0.00000243. The summed E-state index contributed by atoms with van der Waals surface area (Å²) < 4.78 is 0. The van der Waals surface area contributed by atoms with Crippen LogP contribution in [-0.2, 0) is 24.3 Å². The highest BCUT2D eigenvalue weighted by Gasteiger charge is 2.18. The second-order valence-corrected chi connectivity index (χ2v) is 6.73. The number of halogens is 1. The molecule has 0 radical (unpaired) electrons. The van der Waals surface area contributed by atoms with Crippen molar-refractivity contribution in [2.45, 2.75) is 45.3 Å². The van der Waals surface area contributed by atoms with Crippen molar-refractivity contribution in [2.24, 2.45) is 5.73 Å². The zero-order valence-electron chi connectivity index (χ0n) is 15.3. The molecule has 1 amide bonds. The maximum Gasteiger partial charge on any atom is 0.237 e. The van der Waals surface area contributed by atoms with E-state index in [9.17, 15) is 4.79 Å². The number of carbonyl (C=O) groups excluding carboxylic acids is 1. The van der Waals surface area contributed by atoms with Crippen LogP contribution in [-0.4, -0.2) is 18.5 Å². The first-order chi connectivity index (χ1) is 12.2. The number of nitrogens with two attached hydrogens (primary N) is 1. The first-order valence-corrected chi connectivity index (χ1v) is 9.11. The Labute approximate surface area is 162 Å². The maximum atomic E-state index is 11.9. The van der Waals surface area contributed by atoms with E-state index in [1.54, 1.807) is 0 Å². The normalized spacial score (nSPS) is 13.7. The molecule has 1 unspecified atom stereocenters. The van der Waals surface area contributed by atoms with Gasteiger partial charge in [-0.3, -0.25) is 4.79 Å². The molecular weight excluding hydrogens is 346 g/mol. The number of benzene rings is 2. The molecule has 0 saturated carbocycles. The second kappa shape index (κ2) is 9.60. The Bertz CT molecular complexity index is 717. The number of para-hydroxylation sites is 1. The molecule has 1 atom stereocenters. The van der Waals surface area contributed by atoms with Gasteiger partial charge in [-0.15, -0.1) is 12.4 Å². The first-order valence-electron chi connectivity index (χ1n) is 9.11. The van der Waals surface area contributed by atoms with Crippen LogP contribution in [0.3, 0.4) is 0 Å². The zero-order valence-corrected chi connectivity index (χ0v) is 16.1. The number of anilines is 1. The number of nitrogens with zero attached hydrogens (tertiary/aromatic N) is 1.